The Balaban J connectivity index is 3.27. The van der Waals surface area contributed by atoms with Gasteiger partial charge in [-0.15, -0.1) is 0 Å². The van der Waals surface area contributed by atoms with Gasteiger partial charge in [0.1, 0.15) is 5.82 Å². The van der Waals surface area contributed by atoms with Crippen LogP contribution in [0.3, 0.4) is 0 Å². The number of hydrogen-bond acceptors (Lipinski definition) is 3. The highest BCUT2D eigenvalue weighted by Gasteiger charge is 2.07. The van der Waals surface area contributed by atoms with Gasteiger partial charge in [0.2, 0.25) is 0 Å². The van der Waals surface area contributed by atoms with Crippen molar-refractivity contribution in [2.24, 2.45) is 0 Å². The van der Waals surface area contributed by atoms with Crippen molar-refractivity contribution in [3.63, 3.8) is 0 Å². The van der Waals surface area contributed by atoms with Gasteiger partial charge in [-0.3, -0.25) is 4.57 Å². The van der Waals surface area contributed by atoms with E-state index >= 15 is 0 Å². The third kappa shape index (κ3) is 2.56. The number of alkyl halides is 1. The van der Waals surface area contributed by atoms with Crippen LogP contribution in [-0.2, 0) is 13.1 Å². The fraction of sp³-hybridized carbons (Fsp3) is 0.667. The molecule has 0 aliphatic carbocycles. The maximum Gasteiger partial charge on any atom is 0.353 e. The largest absolute Gasteiger partial charge is 0.353 e. The van der Waals surface area contributed by atoms with Crippen molar-refractivity contribution in [2.75, 3.05) is 5.33 Å². The van der Waals surface area contributed by atoms with Crippen LogP contribution < -0.4 is 11.4 Å². The average Bonchev–Trinajstić information content (AvgIpc) is 2.17. The number of rotatable bonds is 4. The molecule has 15 heavy (non-hydrogen) atoms. The number of halogens is 1. The standard InChI is InChI=1S/C9H14BrN3O2/c1-3-12-7(2)11-8(14)13(9(12)15)6-4-5-10/h3-6H2,1-2H3. The molecular weight excluding hydrogens is 262 g/mol. The number of aryl methyl sites for hydroxylation is 1. The molecule has 1 aromatic heterocycles. The van der Waals surface area contributed by atoms with Crippen LogP contribution in [0.15, 0.2) is 9.59 Å². The molecule has 0 aliphatic rings. The summed E-state index contributed by atoms with van der Waals surface area (Å²) in [5.74, 6) is 0.475. The topological polar surface area (TPSA) is 56.9 Å². The van der Waals surface area contributed by atoms with Crippen molar-refractivity contribution in [3.8, 4) is 0 Å². The molecular formula is C9H14BrN3O2. The molecule has 84 valence electrons. The summed E-state index contributed by atoms with van der Waals surface area (Å²) in [5.41, 5.74) is -0.723. The molecule has 0 amide bonds. The Morgan fingerprint density at radius 1 is 1.33 bits per heavy atom. The first kappa shape index (κ1) is 12.2. The first-order valence-electron chi connectivity index (χ1n) is 4.86. The van der Waals surface area contributed by atoms with Gasteiger partial charge in [-0.25, -0.2) is 14.2 Å². The van der Waals surface area contributed by atoms with Gasteiger partial charge in [0, 0.05) is 18.4 Å². The van der Waals surface area contributed by atoms with E-state index in [1.54, 1.807) is 6.92 Å². The minimum absolute atomic E-state index is 0.268. The third-order valence-corrected chi connectivity index (χ3v) is 2.73. The summed E-state index contributed by atoms with van der Waals surface area (Å²) in [4.78, 5) is 27.1. The molecule has 1 rings (SSSR count). The summed E-state index contributed by atoms with van der Waals surface area (Å²) in [6.07, 6.45) is 0.740. The lowest BCUT2D eigenvalue weighted by Gasteiger charge is -2.09. The Hall–Kier alpha value is -0.910. The van der Waals surface area contributed by atoms with E-state index in [0.29, 0.717) is 18.9 Å². The van der Waals surface area contributed by atoms with E-state index in [1.165, 1.54) is 9.13 Å². The van der Waals surface area contributed by atoms with Gasteiger partial charge in [0.25, 0.3) is 0 Å². The summed E-state index contributed by atoms with van der Waals surface area (Å²) in [6, 6.07) is 0. The zero-order valence-corrected chi connectivity index (χ0v) is 10.5. The molecule has 0 fully saturated rings. The first-order valence-corrected chi connectivity index (χ1v) is 5.98. The molecule has 0 aromatic carbocycles. The minimum Gasteiger partial charge on any atom is -0.282 e. The SMILES string of the molecule is CCn1c(C)nc(=O)n(CCCBr)c1=O. The quantitative estimate of drug-likeness (QED) is 0.753. The maximum atomic E-state index is 11.8. The highest BCUT2D eigenvalue weighted by atomic mass is 79.9. The molecule has 5 nitrogen and oxygen atoms in total. The van der Waals surface area contributed by atoms with Crippen LogP contribution >= 0.6 is 15.9 Å². The normalized spacial score (nSPS) is 10.6. The molecule has 0 atom stereocenters. The number of nitrogens with zero attached hydrogens (tertiary/aromatic N) is 3. The summed E-state index contributed by atoms with van der Waals surface area (Å²) >= 11 is 3.26. The monoisotopic (exact) mass is 275 g/mol. The van der Waals surface area contributed by atoms with E-state index < -0.39 is 5.69 Å². The van der Waals surface area contributed by atoms with Crippen LogP contribution in [0.25, 0.3) is 0 Å². The smallest absolute Gasteiger partial charge is 0.282 e. The molecule has 6 heteroatoms. The van der Waals surface area contributed by atoms with Gasteiger partial charge in [0.15, 0.2) is 0 Å². The Bertz CT molecular complexity index is 450. The summed E-state index contributed by atoms with van der Waals surface area (Å²) in [7, 11) is 0. The van der Waals surface area contributed by atoms with Gasteiger partial charge in [-0.2, -0.15) is 4.98 Å². The second-order valence-corrected chi connectivity index (χ2v) is 3.96. The van der Waals surface area contributed by atoms with E-state index in [2.05, 4.69) is 20.9 Å². The first-order chi connectivity index (χ1) is 7.11. The summed E-state index contributed by atoms with van der Waals surface area (Å²) in [6.45, 7) is 4.47. The van der Waals surface area contributed by atoms with Crippen molar-refractivity contribution in [1.29, 1.82) is 0 Å². The molecule has 0 radical (unpaired) electrons. The van der Waals surface area contributed by atoms with Gasteiger partial charge < -0.3 is 0 Å². The molecule has 0 saturated carbocycles. The Kier molecular flexibility index (Phi) is 4.26. The van der Waals surface area contributed by atoms with Gasteiger partial charge >= 0.3 is 11.4 Å². The van der Waals surface area contributed by atoms with E-state index in [-0.39, 0.29) is 5.69 Å². The lowest BCUT2D eigenvalue weighted by Crippen LogP contribution is -2.42. The summed E-state index contributed by atoms with van der Waals surface area (Å²) in [5, 5.41) is 0.763. The van der Waals surface area contributed by atoms with Crippen LogP contribution in [0.5, 0.6) is 0 Å². The fourth-order valence-corrected chi connectivity index (χ4v) is 1.65. The van der Waals surface area contributed by atoms with Crippen LogP contribution in [0.1, 0.15) is 19.2 Å². The zero-order valence-electron chi connectivity index (χ0n) is 8.86. The molecule has 1 aromatic rings. The van der Waals surface area contributed by atoms with Crippen molar-refractivity contribution in [2.45, 2.75) is 33.4 Å². The highest BCUT2D eigenvalue weighted by Crippen LogP contribution is 1.90. The van der Waals surface area contributed by atoms with Crippen molar-refractivity contribution >= 4 is 15.9 Å². The molecule has 0 N–H and O–H groups in total. The molecule has 0 spiro atoms. The molecule has 0 unspecified atom stereocenters. The second-order valence-electron chi connectivity index (χ2n) is 3.16. The lowest BCUT2D eigenvalue weighted by molar-refractivity contribution is 0.522. The fourth-order valence-electron chi connectivity index (χ4n) is 1.40. The van der Waals surface area contributed by atoms with E-state index in [9.17, 15) is 9.59 Å². The third-order valence-electron chi connectivity index (χ3n) is 2.17. The summed E-state index contributed by atoms with van der Waals surface area (Å²) < 4.78 is 2.67. The molecule has 0 aliphatic heterocycles. The van der Waals surface area contributed by atoms with Crippen molar-refractivity contribution < 1.29 is 0 Å². The number of aromatic nitrogens is 3. The van der Waals surface area contributed by atoms with Crippen LogP contribution in [0.2, 0.25) is 0 Å². The van der Waals surface area contributed by atoms with Crippen molar-refractivity contribution in [3.05, 3.63) is 26.8 Å². The second kappa shape index (κ2) is 5.25. The minimum atomic E-state index is -0.455. The Morgan fingerprint density at radius 2 is 2.00 bits per heavy atom. The predicted octanol–water partition coefficient (Wildman–Crippen LogP) is 0.518. The van der Waals surface area contributed by atoms with Gasteiger partial charge in [-0.05, 0) is 20.3 Å². The van der Waals surface area contributed by atoms with Gasteiger partial charge in [0.05, 0.1) is 0 Å². The van der Waals surface area contributed by atoms with Gasteiger partial charge in [-0.1, -0.05) is 15.9 Å². The van der Waals surface area contributed by atoms with Crippen LogP contribution in [0, 0.1) is 6.92 Å². The van der Waals surface area contributed by atoms with E-state index in [1.807, 2.05) is 6.92 Å². The highest BCUT2D eigenvalue weighted by molar-refractivity contribution is 9.09. The van der Waals surface area contributed by atoms with Crippen LogP contribution in [-0.4, -0.2) is 19.4 Å². The Morgan fingerprint density at radius 3 is 2.53 bits per heavy atom. The van der Waals surface area contributed by atoms with E-state index in [0.717, 1.165) is 11.8 Å². The Labute approximate surface area is 95.9 Å². The lowest BCUT2D eigenvalue weighted by atomic mass is 10.5. The zero-order chi connectivity index (χ0) is 11.4. The molecule has 0 bridgehead atoms. The maximum absolute atomic E-state index is 11.8. The predicted molar refractivity (Wildman–Crippen MR) is 61.6 cm³/mol. The van der Waals surface area contributed by atoms with Crippen molar-refractivity contribution in [1.82, 2.24) is 14.1 Å². The average molecular weight is 276 g/mol. The molecule has 0 saturated heterocycles. The van der Waals surface area contributed by atoms with Crippen LogP contribution in [0.4, 0.5) is 0 Å². The molecule has 1 heterocycles. The van der Waals surface area contributed by atoms with E-state index in [4.69, 9.17) is 0 Å². The number of hydrogen-bond donors (Lipinski definition) is 0.